The number of benzene rings is 2. The van der Waals surface area contributed by atoms with Gasteiger partial charge in [-0.25, -0.2) is 8.42 Å². The number of nitrogens with zero attached hydrogens (tertiary/aromatic N) is 2. The van der Waals surface area contributed by atoms with Crippen molar-refractivity contribution in [1.29, 1.82) is 0 Å². The lowest BCUT2D eigenvalue weighted by molar-refractivity contribution is -0.133. The van der Waals surface area contributed by atoms with Crippen molar-refractivity contribution in [2.45, 2.75) is 43.2 Å². The molecule has 3 aromatic rings. The highest BCUT2D eigenvalue weighted by Crippen LogP contribution is 2.39. The third-order valence-electron chi connectivity index (χ3n) is 6.27. The zero-order valence-corrected chi connectivity index (χ0v) is 19.6. The molecule has 32 heavy (non-hydrogen) atoms. The Balaban J connectivity index is 1.46. The van der Waals surface area contributed by atoms with Crippen LogP contribution in [0.5, 0.6) is 0 Å². The zero-order valence-electron chi connectivity index (χ0n) is 18.0. The summed E-state index contributed by atoms with van der Waals surface area (Å²) in [6.07, 6.45) is 2.40. The van der Waals surface area contributed by atoms with Gasteiger partial charge in [-0.15, -0.1) is 11.3 Å². The largest absolute Gasteiger partial charge is 0.330 e. The van der Waals surface area contributed by atoms with E-state index < -0.39 is 10.0 Å². The molecule has 1 fully saturated rings. The molecule has 5 nitrogen and oxygen atoms in total. The second kappa shape index (κ2) is 8.46. The van der Waals surface area contributed by atoms with E-state index in [0.717, 1.165) is 30.4 Å². The summed E-state index contributed by atoms with van der Waals surface area (Å²) in [5.41, 5.74) is 3.39. The van der Waals surface area contributed by atoms with Gasteiger partial charge in [-0.05, 0) is 60.9 Å². The third-order valence-corrected chi connectivity index (χ3v) is 9.18. The second-order valence-corrected chi connectivity index (χ2v) is 11.4. The van der Waals surface area contributed by atoms with Crippen molar-refractivity contribution < 1.29 is 13.2 Å². The SMILES string of the molecule is Cc1ccc(C2c3ccsc3CCN2C(=O)CN(C2CC2)S(=O)(=O)c2ccccc2)cc1. The molecule has 166 valence electrons. The van der Waals surface area contributed by atoms with E-state index in [1.165, 1.54) is 14.7 Å². The van der Waals surface area contributed by atoms with E-state index in [4.69, 9.17) is 0 Å². The summed E-state index contributed by atoms with van der Waals surface area (Å²) < 4.78 is 28.1. The van der Waals surface area contributed by atoms with Crippen LogP contribution in [0.4, 0.5) is 0 Å². The fourth-order valence-corrected chi connectivity index (χ4v) is 6.98. The minimum Gasteiger partial charge on any atom is -0.330 e. The lowest BCUT2D eigenvalue weighted by Crippen LogP contribution is -2.47. The van der Waals surface area contributed by atoms with E-state index >= 15 is 0 Å². The maximum Gasteiger partial charge on any atom is 0.243 e. The average Bonchev–Trinajstić information content (AvgIpc) is 3.53. The minimum absolute atomic E-state index is 0.0940. The second-order valence-electron chi connectivity index (χ2n) is 8.54. The number of rotatable bonds is 6. The first kappa shape index (κ1) is 21.4. The molecule has 1 amide bonds. The van der Waals surface area contributed by atoms with Crippen LogP contribution in [0.1, 0.15) is 40.5 Å². The summed E-state index contributed by atoms with van der Waals surface area (Å²) in [7, 11) is -3.72. The van der Waals surface area contributed by atoms with Crippen LogP contribution < -0.4 is 0 Å². The van der Waals surface area contributed by atoms with Crippen LogP contribution in [0.3, 0.4) is 0 Å². The number of carbonyl (C=O) groups excluding carboxylic acids is 1. The van der Waals surface area contributed by atoms with Gasteiger partial charge >= 0.3 is 0 Å². The Morgan fingerprint density at radius 3 is 2.47 bits per heavy atom. The molecule has 2 heterocycles. The predicted octanol–water partition coefficient (Wildman–Crippen LogP) is 4.38. The van der Waals surface area contributed by atoms with E-state index in [1.54, 1.807) is 41.7 Å². The fourth-order valence-electron chi connectivity index (χ4n) is 4.42. The van der Waals surface area contributed by atoms with Gasteiger partial charge in [0.1, 0.15) is 0 Å². The Labute approximate surface area is 193 Å². The van der Waals surface area contributed by atoms with Gasteiger partial charge in [0.2, 0.25) is 15.9 Å². The molecule has 7 heteroatoms. The van der Waals surface area contributed by atoms with Crippen molar-refractivity contribution in [2.24, 2.45) is 0 Å². The van der Waals surface area contributed by atoms with Crippen LogP contribution in [-0.2, 0) is 21.2 Å². The standard InChI is InChI=1S/C25H26N2O3S2/c1-18-7-9-19(10-8-18)25-22-14-16-31-23(22)13-15-26(25)24(28)17-27(20-11-12-20)32(29,30)21-5-3-2-4-6-21/h2-10,14,16,20,25H,11-13,15,17H2,1H3. The highest BCUT2D eigenvalue weighted by molar-refractivity contribution is 7.89. The van der Waals surface area contributed by atoms with E-state index in [1.807, 2.05) is 11.8 Å². The van der Waals surface area contributed by atoms with Crippen molar-refractivity contribution >= 4 is 27.3 Å². The maximum atomic E-state index is 13.6. The topological polar surface area (TPSA) is 57.7 Å². The fraction of sp³-hybridized carbons (Fsp3) is 0.320. The van der Waals surface area contributed by atoms with Gasteiger partial charge in [-0.1, -0.05) is 48.0 Å². The Morgan fingerprint density at radius 2 is 1.78 bits per heavy atom. The van der Waals surface area contributed by atoms with Crippen molar-refractivity contribution in [1.82, 2.24) is 9.21 Å². The Morgan fingerprint density at radius 1 is 1.06 bits per heavy atom. The van der Waals surface area contributed by atoms with Gasteiger partial charge in [0, 0.05) is 17.5 Å². The monoisotopic (exact) mass is 466 g/mol. The highest BCUT2D eigenvalue weighted by atomic mass is 32.2. The summed E-state index contributed by atoms with van der Waals surface area (Å²) in [6, 6.07) is 18.5. The van der Waals surface area contributed by atoms with Crippen LogP contribution in [0.25, 0.3) is 0 Å². The summed E-state index contributed by atoms with van der Waals surface area (Å²) in [6.45, 7) is 2.52. The minimum atomic E-state index is -3.72. The lowest BCUT2D eigenvalue weighted by atomic mass is 9.92. The lowest BCUT2D eigenvalue weighted by Gasteiger charge is -2.37. The van der Waals surface area contributed by atoms with E-state index in [9.17, 15) is 13.2 Å². The number of hydrogen-bond donors (Lipinski definition) is 0. The number of hydrogen-bond acceptors (Lipinski definition) is 4. The Hall–Kier alpha value is -2.48. The van der Waals surface area contributed by atoms with E-state index in [0.29, 0.717) is 6.54 Å². The quantitative estimate of drug-likeness (QED) is 0.542. The Kier molecular flexibility index (Phi) is 5.65. The van der Waals surface area contributed by atoms with Crippen LogP contribution in [0, 0.1) is 6.92 Å². The Bertz CT molecular complexity index is 1220. The first-order valence-corrected chi connectivity index (χ1v) is 13.3. The molecule has 1 unspecified atom stereocenters. The van der Waals surface area contributed by atoms with Crippen LogP contribution in [0.15, 0.2) is 70.9 Å². The molecule has 0 radical (unpaired) electrons. The summed E-state index contributed by atoms with van der Waals surface area (Å²) in [5, 5.41) is 2.08. The summed E-state index contributed by atoms with van der Waals surface area (Å²) >= 11 is 1.73. The number of fused-ring (bicyclic) bond motifs is 1. The average molecular weight is 467 g/mol. The molecule has 1 aliphatic heterocycles. The molecular formula is C25H26N2O3S2. The van der Waals surface area contributed by atoms with Gasteiger partial charge in [-0.3, -0.25) is 4.79 Å². The van der Waals surface area contributed by atoms with E-state index in [2.05, 4.69) is 35.7 Å². The molecule has 1 atom stereocenters. The molecule has 5 rings (SSSR count). The normalized spacial score (nSPS) is 18.6. The van der Waals surface area contributed by atoms with Gasteiger partial charge in [0.15, 0.2) is 0 Å². The first-order valence-electron chi connectivity index (χ1n) is 10.9. The molecule has 1 aliphatic carbocycles. The smallest absolute Gasteiger partial charge is 0.243 e. The van der Waals surface area contributed by atoms with E-state index in [-0.39, 0.29) is 29.4 Å². The van der Waals surface area contributed by atoms with Gasteiger partial charge in [0.05, 0.1) is 17.5 Å². The number of carbonyl (C=O) groups is 1. The number of aryl methyl sites for hydroxylation is 1. The van der Waals surface area contributed by atoms with Crippen molar-refractivity contribution in [3.63, 3.8) is 0 Å². The van der Waals surface area contributed by atoms with Crippen LogP contribution >= 0.6 is 11.3 Å². The number of sulfonamides is 1. The van der Waals surface area contributed by atoms with Gasteiger partial charge in [-0.2, -0.15) is 4.31 Å². The molecule has 0 saturated heterocycles. The molecule has 0 spiro atoms. The van der Waals surface area contributed by atoms with Crippen molar-refractivity contribution in [3.8, 4) is 0 Å². The summed E-state index contributed by atoms with van der Waals surface area (Å²) in [5.74, 6) is -0.140. The first-order chi connectivity index (χ1) is 15.4. The molecule has 2 aromatic carbocycles. The predicted molar refractivity (Wildman–Crippen MR) is 126 cm³/mol. The molecule has 1 saturated carbocycles. The maximum absolute atomic E-state index is 13.6. The third kappa shape index (κ3) is 4.00. The zero-order chi connectivity index (χ0) is 22.3. The molecule has 0 bridgehead atoms. The van der Waals surface area contributed by atoms with Crippen molar-refractivity contribution in [2.75, 3.05) is 13.1 Å². The number of amides is 1. The molecule has 2 aliphatic rings. The molecule has 1 aromatic heterocycles. The molecular weight excluding hydrogens is 440 g/mol. The van der Waals surface area contributed by atoms with Crippen LogP contribution in [0.2, 0.25) is 0 Å². The summed E-state index contributed by atoms with van der Waals surface area (Å²) in [4.78, 5) is 17.0. The van der Waals surface area contributed by atoms with Gasteiger partial charge < -0.3 is 4.90 Å². The highest BCUT2D eigenvalue weighted by Gasteiger charge is 2.41. The van der Waals surface area contributed by atoms with Crippen LogP contribution in [-0.4, -0.2) is 42.7 Å². The van der Waals surface area contributed by atoms with Gasteiger partial charge in [0.25, 0.3) is 0 Å². The number of thiophene rings is 1. The van der Waals surface area contributed by atoms with Crippen molar-refractivity contribution in [3.05, 3.63) is 87.6 Å². The molecule has 0 N–H and O–H groups in total.